The molecule has 34 heavy (non-hydrogen) atoms. The first kappa shape index (κ1) is 26.5. The lowest BCUT2D eigenvalue weighted by Gasteiger charge is -2.15. The summed E-state index contributed by atoms with van der Waals surface area (Å²) < 4.78 is 0. The van der Waals surface area contributed by atoms with Crippen molar-refractivity contribution in [3.63, 3.8) is 0 Å². The van der Waals surface area contributed by atoms with Crippen LogP contribution < -0.4 is 21.8 Å². The molecule has 180 valence electrons. The van der Waals surface area contributed by atoms with Gasteiger partial charge in [0.2, 0.25) is 5.91 Å². The summed E-state index contributed by atoms with van der Waals surface area (Å²) in [5, 5.41) is 14.0. The van der Waals surface area contributed by atoms with Gasteiger partial charge in [0, 0.05) is 35.0 Å². The van der Waals surface area contributed by atoms with Gasteiger partial charge in [-0.05, 0) is 68.4 Å². The molecule has 1 aliphatic carbocycles. The van der Waals surface area contributed by atoms with Crippen LogP contribution in [0.5, 0.6) is 0 Å². The normalized spacial score (nSPS) is 13.1. The molecule has 1 atom stereocenters. The van der Waals surface area contributed by atoms with E-state index in [1.165, 1.54) is 5.48 Å². The number of nitrogens with one attached hydrogen (secondary N) is 3. The van der Waals surface area contributed by atoms with Crippen molar-refractivity contribution >= 4 is 23.4 Å². The first-order valence-corrected chi connectivity index (χ1v) is 10.6. The molecule has 2 aromatic carbocycles. The average molecular weight is 466 g/mol. The number of nitrogens with two attached hydrogens (primary N) is 1. The zero-order valence-electron chi connectivity index (χ0n) is 18.3. The van der Waals surface area contributed by atoms with Gasteiger partial charge >= 0.3 is 0 Å². The molecule has 0 heterocycles. The van der Waals surface area contributed by atoms with Gasteiger partial charge in [-0.2, -0.15) is 0 Å². The van der Waals surface area contributed by atoms with Crippen LogP contribution in [0.1, 0.15) is 41.8 Å². The van der Waals surface area contributed by atoms with E-state index < -0.39 is 17.9 Å². The SMILES string of the molecule is C.CN(CC(=O)Nc1ccc(C#Cc2ccc(C(=O)N[C@@H](CN)C(=O)NO)cc2)cc1)C1CC1. The molecular formula is C25H31N5O4. The number of anilines is 1. The Bertz CT molecular complexity index is 1050. The van der Waals surface area contributed by atoms with Crippen molar-refractivity contribution in [1.29, 1.82) is 0 Å². The van der Waals surface area contributed by atoms with Crippen molar-refractivity contribution in [3.05, 3.63) is 65.2 Å². The summed E-state index contributed by atoms with van der Waals surface area (Å²) in [6, 6.07) is 13.3. The number of carbonyl (C=O) groups excluding carboxylic acids is 3. The zero-order valence-corrected chi connectivity index (χ0v) is 18.3. The van der Waals surface area contributed by atoms with Gasteiger partial charge in [-0.1, -0.05) is 19.3 Å². The fraction of sp³-hybridized carbons (Fsp3) is 0.320. The maximum absolute atomic E-state index is 12.2. The molecule has 9 heteroatoms. The van der Waals surface area contributed by atoms with Crippen LogP contribution in [-0.4, -0.2) is 60.0 Å². The molecule has 0 saturated heterocycles. The molecule has 0 bridgehead atoms. The Morgan fingerprint density at radius 3 is 2.12 bits per heavy atom. The summed E-state index contributed by atoms with van der Waals surface area (Å²) >= 11 is 0. The number of hydroxylamine groups is 1. The number of carbonyl (C=O) groups is 3. The van der Waals surface area contributed by atoms with Gasteiger partial charge in [-0.25, -0.2) is 5.48 Å². The number of rotatable bonds is 8. The minimum atomic E-state index is -1.03. The summed E-state index contributed by atoms with van der Waals surface area (Å²) in [5.41, 5.74) is 9.43. The molecule has 3 rings (SSSR count). The second-order valence-electron chi connectivity index (χ2n) is 7.84. The highest BCUT2D eigenvalue weighted by Crippen LogP contribution is 2.24. The van der Waals surface area contributed by atoms with Gasteiger partial charge in [0.1, 0.15) is 6.04 Å². The quantitative estimate of drug-likeness (QED) is 0.227. The Hall–Kier alpha value is -3.71. The molecule has 0 aromatic heterocycles. The minimum Gasteiger partial charge on any atom is -0.339 e. The summed E-state index contributed by atoms with van der Waals surface area (Å²) in [6.07, 6.45) is 2.32. The Kier molecular flexibility index (Phi) is 9.76. The van der Waals surface area contributed by atoms with Crippen LogP contribution in [0.15, 0.2) is 48.5 Å². The number of benzene rings is 2. The van der Waals surface area contributed by atoms with Gasteiger partial charge in [-0.15, -0.1) is 0 Å². The van der Waals surface area contributed by atoms with Crippen LogP contribution in [-0.2, 0) is 9.59 Å². The first-order valence-electron chi connectivity index (χ1n) is 10.6. The molecule has 9 nitrogen and oxygen atoms in total. The van der Waals surface area contributed by atoms with E-state index in [1.54, 1.807) is 24.3 Å². The van der Waals surface area contributed by atoms with Crippen molar-refractivity contribution in [2.24, 2.45) is 5.73 Å². The Labute approximate surface area is 199 Å². The van der Waals surface area contributed by atoms with Gasteiger partial charge < -0.3 is 16.4 Å². The fourth-order valence-electron chi connectivity index (χ4n) is 3.11. The summed E-state index contributed by atoms with van der Waals surface area (Å²) in [6.45, 7) is 0.226. The molecule has 0 aliphatic heterocycles. The molecular weight excluding hydrogens is 434 g/mol. The average Bonchev–Trinajstić information content (AvgIpc) is 3.67. The van der Waals surface area contributed by atoms with Crippen molar-refractivity contribution in [3.8, 4) is 11.8 Å². The van der Waals surface area contributed by atoms with E-state index in [0.29, 0.717) is 23.7 Å². The van der Waals surface area contributed by atoms with Crippen LogP contribution in [0.4, 0.5) is 5.69 Å². The van der Waals surface area contributed by atoms with E-state index in [0.717, 1.165) is 24.1 Å². The first-order chi connectivity index (χ1) is 15.9. The molecule has 1 fully saturated rings. The smallest absolute Gasteiger partial charge is 0.267 e. The van der Waals surface area contributed by atoms with E-state index in [2.05, 4.69) is 27.4 Å². The Balaban J connectivity index is 0.00000408. The number of amides is 3. The van der Waals surface area contributed by atoms with E-state index >= 15 is 0 Å². The van der Waals surface area contributed by atoms with Gasteiger partial charge in [0.15, 0.2) is 0 Å². The van der Waals surface area contributed by atoms with Crippen molar-refractivity contribution in [1.82, 2.24) is 15.7 Å². The van der Waals surface area contributed by atoms with Crippen LogP contribution in [0.25, 0.3) is 0 Å². The molecule has 1 saturated carbocycles. The van der Waals surface area contributed by atoms with Crippen LogP contribution in [0, 0.1) is 11.8 Å². The predicted octanol–water partition coefficient (Wildman–Crippen LogP) is 1.32. The van der Waals surface area contributed by atoms with Gasteiger partial charge in [-0.3, -0.25) is 24.5 Å². The van der Waals surface area contributed by atoms with Crippen molar-refractivity contribution < 1.29 is 19.6 Å². The third kappa shape index (κ3) is 7.71. The lowest BCUT2D eigenvalue weighted by Crippen LogP contribution is -2.50. The van der Waals surface area contributed by atoms with Gasteiger partial charge in [0.05, 0.1) is 6.54 Å². The number of hydrogen-bond acceptors (Lipinski definition) is 6. The molecule has 0 radical (unpaired) electrons. The Morgan fingerprint density at radius 2 is 1.62 bits per heavy atom. The summed E-state index contributed by atoms with van der Waals surface area (Å²) in [7, 11) is 1.96. The highest BCUT2D eigenvalue weighted by molar-refractivity contribution is 5.97. The third-order valence-electron chi connectivity index (χ3n) is 5.20. The van der Waals surface area contributed by atoms with Crippen LogP contribution in [0.3, 0.4) is 0 Å². The second-order valence-corrected chi connectivity index (χ2v) is 7.84. The highest BCUT2D eigenvalue weighted by atomic mass is 16.5. The van der Waals surface area contributed by atoms with E-state index in [4.69, 9.17) is 10.9 Å². The molecule has 2 aromatic rings. The lowest BCUT2D eigenvalue weighted by molar-refractivity contribution is -0.130. The summed E-state index contributed by atoms with van der Waals surface area (Å²) in [5.74, 6) is 4.74. The number of hydrogen-bond donors (Lipinski definition) is 5. The van der Waals surface area contributed by atoms with Crippen LogP contribution >= 0.6 is 0 Å². The van der Waals surface area contributed by atoms with Crippen LogP contribution in [0.2, 0.25) is 0 Å². The number of likely N-dealkylation sites (N-methyl/N-ethyl adjacent to an activating group) is 1. The molecule has 0 spiro atoms. The molecule has 0 unspecified atom stereocenters. The van der Waals surface area contributed by atoms with E-state index in [1.807, 2.05) is 31.3 Å². The molecule has 6 N–H and O–H groups in total. The van der Waals surface area contributed by atoms with Crippen molar-refractivity contribution in [2.45, 2.75) is 32.4 Å². The monoisotopic (exact) mass is 465 g/mol. The largest absolute Gasteiger partial charge is 0.339 e. The maximum Gasteiger partial charge on any atom is 0.267 e. The molecule has 1 aliphatic rings. The zero-order chi connectivity index (χ0) is 23.8. The van der Waals surface area contributed by atoms with Gasteiger partial charge in [0.25, 0.3) is 11.8 Å². The maximum atomic E-state index is 12.2. The fourth-order valence-corrected chi connectivity index (χ4v) is 3.11. The van der Waals surface area contributed by atoms with E-state index in [9.17, 15) is 14.4 Å². The number of nitrogens with zero attached hydrogens (tertiary/aromatic N) is 1. The summed E-state index contributed by atoms with van der Waals surface area (Å²) in [4.78, 5) is 37.8. The minimum absolute atomic E-state index is 0. The predicted molar refractivity (Wildman–Crippen MR) is 130 cm³/mol. The standard InChI is InChI=1S/C24H27N5O4.CH4/c1-29(20-12-13-20)15-22(30)26-19-10-6-17(7-11-19)3-2-16-4-8-18(9-5-16)23(31)27-21(14-25)24(32)28-33;/h4-11,20-21,33H,12-15,25H2,1H3,(H,26,30)(H,27,31)(H,28,32);1H4/t21-;/m0./s1. The van der Waals surface area contributed by atoms with Crippen molar-refractivity contribution in [2.75, 3.05) is 25.5 Å². The van der Waals surface area contributed by atoms with E-state index in [-0.39, 0.29) is 19.9 Å². The topological polar surface area (TPSA) is 137 Å². The molecule has 3 amide bonds. The third-order valence-corrected chi connectivity index (χ3v) is 5.20. The lowest BCUT2D eigenvalue weighted by atomic mass is 10.1. The second kappa shape index (κ2) is 12.5. The highest BCUT2D eigenvalue weighted by Gasteiger charge is 2.27. The Morgan fingerprint density at radius 1 is 1.06 bits per heavy atom.